The number of aryl methyl sites for hydroxylation is 1. The standard InChI is InChI=1S/C29H36ClF3N2O4/c1-34(2)26(36)24-13-12-21(18-25(24)30)9-6-4-5-8-20-14-16-35(17-15-20)27(37)28(38,29(31,32)33)22-10-7-11-23(19-22)39-3/h7,10-13,18-20,38H,4-6,8-9,14-17H2,1-3H3/t28-/m1/s1. The minimum Gasteiger partial charge on any atom is -0.497 e. The van der Waals surface area contributed by atoms with Crippen molar-refractivity contribution in [2.24, 2.45) is 5.92 Å². The summed E-state index contributed by atoms with van der Waals surface area (Å²) in [4.78, 5) is 27.7. The molecule has 0 bridgehead atoms. The molecule has 1 fully saturated rings. The SMILES string of the molecule is COc1cccc([C@@](O)(C(=O)N2CCC(CCCCCc3ccc(C(=O)N(C)C)c(Cl)c3)CC2)C(F)(F)F)c1. The van der Waals surface area contributed by atoms with Gasteiger partial charge in [0.05, 0.1) is 17.7 Å². The van der Waals surface area contributed by atoms with Gasteiger partial charge in [0, 0.05) is 32.7 Å². The van der Waals surface area contributed by atoms with E-state index in [9.17, 15) is 27.9 Å². The van der Waals surface area contributed by atoms with E-state index in [1.807, 2.05) is 12.1 Å². The Bertz CT molecular complexity index is 1150. The lowest BCUT2D eigenvalue weighted by Crippen LogP contribution is -2.57. The summed E-state index contributed by atoms with van der Waals surface area (Å²) in [5.41, 5.74) is -2.64. The number of unbranched alkanes of at least 4 members (excludes halogenated alkanes) is 2. The summed E-state index contributed by atoms with van der Waals surface area (Å²) in [6.45, 7) is 0.338. The monoisotopic (exact) mass is 568 g/mol. The molecule has 0 saturated carbocycles. The third kappa shape index (κ3) is 7.25. The van der Waals surface area contributed by atoms with Gasteiger partial charge in [0.25, 0.3) is 17.4 Å². The first kappa shape index (κ1) is 30.8. The molecule has 1 aliphatic heterocycles. The maximum atomic E-state index is 14.0. The summed E-state index contributed by atoms with van der Waals surface area (Å²) in [6, 6.07) is 10.4. The Morgan fingerprint density at radius 2 is 1.77 bits per heavy atom. The quantitative estimate of drug-likeness (QED) is 0.366. The maximum absolute atomic E-state index is 14.0. The van der Waals surface area contributed by atoms with Crippen molar-refractivity contribution in [3.8, 4) is 5.75 Å². The molecule has 0 aromatic heterocycles. The Kier molecular flexibility index (Phi) is 10.3. The number of carbonyl (C=O) groups excluding carboxylic acids is 2. The van der Waals surface area contributed by atoms with Crippen molar-refractivity contribution in [2.45, 2.75) is 56.7 Å². The molecular formula is C29H36ClF3N2O4. The number of halogens is 4. The zero-order valence-electron chi connectivity index (χ0n) is 22.6. The highest BCUT2D eigenvalue weighted by Crippen LogP contribution is 2.42. The van der Waals surface area contributed by atoms with Crippen LogP contribution in [0.1, 0.15) is 60.0 Å². The molecule has 2 amide bonds. The van der Waals surface area contributed by atoms with Crippen LogP contribution in [0.4, 0.5) is 13.2 Å². The van der Waals surface area contributed by atoms with Crippen LogP contribution in [0.2, 0.25) is 5.02 Å². The number of carbonyl (C=O) groups is 2. The number of aliphatic hydroxyl groups is 1. The molecule has 214 valence electrons. The highest BCUT2D eigenvalue weighted by atomic mass is 35.5. The first-order chi connectivity index (χ1) is 18.4. The number of hydrogen-bond acceptors (Lipinski definition) is 4. The summed E-state index contributed by atoms with van der Waals surface area (Å²) in [7, 11) is 4.67. The first-order valence-corrected chi connectivity index (χ1v) is 13.5. The lowest BCUT2D eigenvalue weighted by Gasteiger charge is -2.38. The molecule has 1 aliphatic rings. The van der Waals surface area contributed by atoms with Gasteiger partial charge in [-0.2, -0.15) is 13.2 Å². The summed E-state index contributed by atoms with van der Waals surface area (Å²) >= 11 is 6.29. The van der Waals surface area contributed by atoms with Crippen LogP contribution in [0.5, 0.6) is 5.75 Å². The van der Waals surface area contributed by atoms with Gasteiger partial charge in [0.15, 0.2) is 0 Å². The molecule has 1 saturated heterocycles. The van der Waals surface area contributed by atoms with Crippen molar-refractivity contribution >= 4 is 23.4 Å². The van der Waals surface area contributed by atoms with Crippen molar-refractivity contribution in [2.75, 3.05) is 34.3 Å². The molecule has 39 heavy (non-hydrogen) atoms. The number of amides is 2. The summed E-state index contributed by atoms with van der Waals surface area (Å²) in [6.07, 6.45) is 0.678. The number of nitrogens with zero attached hydrogens (tertiary/aromatic N) is 2. The average Bonchev–Trinajstić information content (AvgIpc) is 2.91. The zero-order chi connectivity index (χ0) is 28.8. The second-order valence-electron chi connectivity index (χ2n) is 10.3. The summed E-state index contributed by atoms with van der Waals surface area (Å²) in [5.74, 6) is -1.04. The van der Waals surface area contributed by atoms with E-state index >= 15 is 0 Å². The number of rotatable bonds is 10. The van der Waals surface area contributed by atoms with Gasteiger partial charge < -0.3 is 19.6 Å². The van der Waals surface area contributed by atoms with Crippen molar-refractivity contribution in [1.29, 1.82) is 0 Å². The predicted molar refractivity (Wildman–Crippen MR) is 144 cm³/mol. The predicted octanol–water partition coefficient (Wildman–Crippen LogP) is 5.84. The van der Waals surface area contributed by atoms with Gasteiger partial charge in [-0.05, 0) is 61.4 Å². The molecule has 0 aliphatic carbocycles. The van der Waals surface area contributed by atoms with E-state index in [1.165, 1.54) is 24.1 Å². The van der Waals surface area contributed by atoms with Crippen molar-refractivity contribution in [3.63, 3.8) is 0 Å². The van der Waals surface area contributed by atoms with E-state index < -0.39 is 23.2 Å². The number of methoxy groups -OCH3 is 1. The van der Waals surface area contributed by atoms with Crippen LogP contribution in [0.3, 0.4) is 0 Å². The minimum absolute atomic E-state index is 0.126. The van der Waals surface area contributed by atoms with E-state index in [4.69, 9.17) is 16.3 Å². The van der Waals surface area contributed by atoms with Crippen LogP contribution in [0.15, 0.2) is 42.5 Å². The van der Waals surface area contributed by atoms with Crippen molar-refractivity contribution < 1.29 is 32.6 Å². The molecule has 1 atom stereocenters. The van der Waals surface area contributed by atoms with Gasteiger partial charge >= 0.3 is 6.18 Å². The highest BCUT2D eigenvalue weighted by molar-refractivity contribution is 6.33. The number of hydrogen-bond donors (Lipinski definition) is 1. The van der Waals surface area contributed by atoms with E-state index in [0.29, 0.717) is 29.3 Å². The fourth-order valence-electron chi connectivity index (χ4n) is 4.98. The van der Waals surface area contributed by atoms with Gasteiger partial charge in [0.1, 0.15) is 5.75 Å². The Hall–Kier alpha value is -2.78. The number of ether oxygens (including phenoxy) is 1. The molecule has 0 unspecified atom stereocenters. The van der Waals surface area contributed by atoms with Gasteiger partial charge in [-0.25, -0.2) is 0 Å². The largest absolute Gasteiger partial charge is 0.497 e. The van der Waals surface area contributed by atoms with E-state index in [-0.39, 0.29) is 24.7 Å². The molecule has 0 radical (unpaired) electrons. The number of alkyl halides is 3. The lowest BCUT2D eigenvalue weighted by molar-refractivity contribution is -0.262. The van der Waals surface area contributed by atoms with E-state index in [2.05, 4.69) is 0 Å². The Balaban J connectivity index is 1.47. The molecule has 2 aromatic carbocycles. The van der Waals surface area contributed by atoms with Crippen molar-refractivity contribution in [3.05, 3.63) is 64.2 Å². The number of piperidine rings is 1. The summed E-state index contributed by atoms with van der Waals surface area (Å²) < 4.78 is 47.0. The molecule has 1 heterocycles. The third-order valence-corrected chi connectivity index (χ3v) is 7.67. The fourth-order valence-corrected chi connectivity index (χ4v) is 5.26. The number of benzene rings is 2. The van der Waals surface area contributed by atoms with Crippen LogP contribution in [0.25, 0.3) is 0 Å². The zero-order valence-corrected chi connectivity index (χ0v) is 23.3. The van der Waals surface area contributed by atoms with Crippen LogP contribution >= 0.6 is 11.6 Å². The van der Waals surface area contributed by atoms with E-state index in [0.717, 1.165) is 54.7 Å². The molecule has 0 spiro atoms. The van der Waals surface area contributed by atoms with Gasteiger partial charge in [0.2, 0.25) is 0 Å². The normalized spacial score (nSPS) is 16.1. The Morgan fingerprint density at radius 1 is 1.08 bits per heavy atom. The second kappa shape index (κ2) is 13.0. The molecular weight excluding hydrogens is 533 g/mol. The van der Waals surface area contributed by atoms with Gasteiger partial charge in [-0.15, -0.1) is 0 Å². The van der Waals surface area contributed by atoms with Crippen LogP contribution < -0.4 is 4.74 Å². The highest BCUT2D eigenvalue weighted by Gasteiger charge is 2.62. The fraction of sp³-hybridized carbons (Fsp3) is 0.517. The summed E-state index contributed by atoms with van der Waals surface area (Å²) in [5, 5.41) is 11.1. The third-order valence-electron chi connectivity index (χ3n) is 7.36. The molecule has 3 rings (SSSR count). The van der Waals surface area contributed by atoms with Crippen LogP contribution in [-0.4, -0.2) is 67.2 Å². The van der Waals surface area contributed by atoms with Crippen LogP contribution in [0, 0.1) is 5.92 Å². The minimum atomic E-state index is -5.18. The maximum Gasteiger partial charge on any atom is 0.430 e. The molecule has 10 heteroatoms. The Morgan fingerprint density at radius 3 is 2.36 bits per heavy atom. The number of likely N-dealkylation sites (tertiary alicyclic amines) is 1. The lowest BCUT2D eigenvalue weighted by atomic mass is 9.87. The first-order valence-electron chi connectivity index (χ1n) is 13.1. The second-order valence-corrected chi connectivity index (χ2v) is 10.7. The Labute approximate surface area is 232 Å². The molecule has 6 nitrogen and oxygen atoms in total. The smallest absolute Gasteiger partial charge is 0.430 e. The van der Waals surface area contributed by atoms with Crippen molar-refractivity contribution in [1.82, 2.24) is 9.80 Å². The van der Waals surface area contributed by atoms with Crippen LogP contribution in [-0.2, 0) is 16.8 Å². The molecule has 2 aromatic rings. The van der Waals surface area contributed by atoms with E-state index in [1.54, 1.807) is 20.2 Å². The molecule has 1 N–H and O–H groups in total. The average molecular weight is 569 g/mol. The van der Waals surface area contributed by atoms with Gasteiger partial charge in [-0.1, -0.05) is 49.1 Å². The topological polar surface area (TPSA) is 70.1 Å². The van der Waals surface area contributed by atoms with Gasteiger partial charge in [-0.3, -0.25) is 9.59 Å².